The molecule has 0 bridgehead atoms. The summed E-state index contributed by atoms with van der Waals surface area (Å²) in [7, 11) is -3.37. The second-order valence-electron chi connectivity index (χ2n) is 7.31. The van der Waals surface area contributed by atoms with E-state index in [-0.39, 0.29) is 29.5 Å². The number of carbonyl (C=O) groups excluding carboxylic acids is 1. The number of rotatable bonds is 4. The molecule has 0 saturated carbocycles. The minimum absolute atomic E-state index is 0. The lowest BCUT2D eigenvalue weighted by Gasteiger charge is -2.37. The van der Waals surface area contributed by atoms with Crippen molar-refractivity contribution in [3.8, 4) is 0 Å². The van der Waals surface area contributed by atoms with Gasteiger partial charge in [0.15, 0.2) is 0 Å². The Morgan fingerprint density at radius 2 is 1.64 bits per heavy atom. The summed E-state index contributed by atoms with van der Waals surface area (Å²) in [5.41, 5.74) is 6.48. The molecule has 1 amide bonds. The van der Waals surface area contributed by atoms with Crippen LogP contribution in [-0.2, 0) is 20.6 Å². The molecule has 0 unspecified atom stereocenters. The molecule has 0 spiro atoms. The van der Waals surface area contributed by atoms with Crippen molar-refractivity contribution in [3.05, 3.63) is 35.9 Å². The first-order chi connectivity index (χ1) is 11.1. The zero-order chi connectivity index (χ0) is 18.0. The Bertz CT molecular complexity index is 666. The number of piperazine rings is 1. The van der Waals surface area contributed by atoms with Gasteiger partial charge in [-0.1, -0.05) is 51.1 Å². The Labute approximate surface area is 156 Å². The second kappa shape index (κ2) is 8.49. The van der Waals surface area contributed by atoms with Gasteiger partial charge in [-0.05, 0) is 11.0 Å². The Kier molecular flexibility index (Phi) is 7.43. The van der Waals surface area contributed by atoms with E-state index in [4.69, 9.17) is 5.73 Å². The molecule has 0 aliphatic carbocycles. The smallest absolute Gasteiger partial charge is 0.240 e. The van der Waals surface area contributed by atoms with Crippen LogP contribution in [0.15, 0.2) is 30.3 Å². The third-order valence-corrected chi connectivity index (χ3v) is 6.18. The summed E-state index contributed by atoms with van der Waals surface area (Å²) in [6, 6.07) is 8.55. The highest BCUT2D eigenvalue weighted by molar-refractivity contribution is 7.88. The van der Waals surface area contributed by atoms with E-state index in [1.54, 1.807) is 17.0 Å². The molecule has 2 N–H and O–H groups in total. The predicted octanol–water partition coefficient (Wildman–Crippen LogP) is 1.46. The first-order valence-corrected chi connectivity index (χ1v) is 9.78. The number of hydrogen-bond acceptors (Lipinski definition) is 4. The molecule has 6 nitrogen and oxygen atoms in total. The zero-order valence-electron chi connectivity index (χ0n) is 15.0. The molecule has 8 heteroatoms. The molecule has 1 atom stereocenters. The van der Waals surface area contributed by atoms with E-state index >= 15 is 0 Å². The predicted molar refractivity (Wildman–Crippen MR) is 102 cm³/mol. The van der Waals surface area contributed by atoms with E-state index < -0.39 is 16.1 Å². The molecule has 1 heterocycles. The summed E-state index contributed by atoms with van der Waals surface area (Å²) in [6.07, 6.45) is 0. The van der Waals surface area contributed by atoms with Crippen molar-refractivity contribution in [1.82, 2.24) is 9.21 Å². The number of sulfonamides is 1. The van der Waals surface area contributed by atoms with Gasteiger partial charge in [0.05, 0.1) is 11.8 Å². The van der Waals surface area contributed by atoms with E-state index in [0.717, 1.165) is 5.56 Å². The van der Waals surface area contributed by atoms with Crippen molar-refractivity contribution in [2.45, 2.75) is 32.6 Å². The standard InChI is InChI=1S/C17H27N3O3S.ClH/c1-17(2,3)15(18)16(21)19-9-11-20(12-10-19)24(22,23)13-14-7-5-4-6-8-14;/h4-8,15H,9-13,18H2,1-3H3;1H/t15-;/m1./s1. The summed E-state index contributed by atoms with van der Waals surface area (Å²) >= 11 is 0. The van der Waals surface area contributed by atoms with Crippen LogP contribution in [0.5, 0.6) is 0 Å². The molecule has 1 saturated heterocycles. The Hall–Kier alpha value is -1.15. The van der Waals surface area contributed by atoms with Crippen LogP contribution < -0.4 is 5.73 Å². The summed E-state index contributed by atoms with van der Waals surface area (Å²) in [5.74, 6) is -0.119. The van der Waals surface area contributed by atoms with Gasteiger partial charge in [-0.15, -0.1) is 12.4 Å². The number of nitrogens with two attached hydrogens (primary N) is 1. The van der Waals surface area contributed by atoms with Gasteiger partial charge in [-0.3, -0.25) is 4.79 Å². The van der Waals surface area contributed by atoms with Crippen LogP contribution in [0.1, 0.15) is 26.3 Å². The van der Waals surface area contributed by atoms with Crippen LogP contribution in [0.25, 0.3) is 0 Å². The maximum Gasteiger partial charge on any atom is 0.240 e. The SMILES string of the molecule is CC(C)(C)[C@H](N)C(=O)N1CCN(S(=O)(=O)Cc2ccccc2)CC1.Cl. The number of nitrogens with zero attached hydrogens (tertiary/aromatic N) is 2. The minimum atomic E-state index is -3.37. The largest absolute Gasteiger partial charge is 0.339 e. The quantitative estimate of drug-likeness (QED) is 0.844. The molecule has 142 valence electrons. The molecule has 0 radical (unpaired) electrons. The normalized spacial score (nSPS) is 17.7. The summed E-state index contributed by atoms with van der Waals surface area (Å²) < 4.78 is 26.5. The maximum atomic E-state index is 12.5. The zero-order valence-corrected chi connectivity index (χ0v) is 16.6. The third kappa shape index (κ3) is 5.67. The Morgan fingerprint density at radius 1 is 1.12 bits per heavy atom. The topological polar surface area (TPSA) is 83.7 Å². The molecule has 1 aromatic rings. The fourth-order valence-electron chi connectivity index (χ4n) is 2.63. The van der Waals surface area contributed by atoms with Crippen molar-refractivity contribution in [2.24, 2.45) is 11.1 Å². The van der Waals surface area contributed by atoms with Crippen LogP contribution in [0.4, 0.5) is 0 Å². The Balaban J connectivity index is 0.00000312. The fraction of sp³-hybridized carbons (Fsp3) is 0.588. The monoisotopic (exact) mass is 389 g/mol. The van der Waals surface area contributed by atoms with Gasteiger partial charge < -0.3 is 10.6 Å². The summed E-state index contributed by atoms with van der Waals surface area (Å²) in [6.45, 7) is 7.19. The number of hydrogen-bond donors (Lipinski definition) is 1. The van der Waals surface area contributed by atoms with E-state index in [2.05, 4.69) is 0 Å². The van der Waals surface area contributed by atoms with Crippen LogP contribution >= 0.6 is 12.4 Å². The van der Waals surface area contributed by atoms with Gasteiger partial charge >= 0.3 is 0 Å². The molecule has 2 rings (SSSR count). The molecule has 1 aliphatic heterocycles. The van der Waals surface area contributed by atoms with Crippen molar-refractivity contribution >= 4 is 28.3 Å². The van der Waals surface area contributed by atoms with Gasteiger partial charge in [0.1, 0.15) is 0 Å². The third-order valence-electron chi connectivity index (χ3n) is 4.33. The van der Waals surface area contributed by atoms with E-state index in [1.807, 2.05) is 39.0 Å². The van der Waals surface area contributed by atoms with Crippen molar-refractivity contribution in [1.29, 1.82) is 0 Å². The lowest BCUT2D eigenvalue weighted by atomic mass is 9.86. The average molecular weight is 390 g/mol. The van der Waals surface area contributed by atoms with E-state index in [0.29, 0.717) is 26.2 Å². The lowest BCUT2D eigenvalue weighted by Crippen LogP contribution is -2.57. The molecular weight excluding hydrogens is 362 g/mol. The van der Waals surface area contributed by atoms with Crippen LogP contribution in [0, 0.1) is 5.41 Å². The number of amides is 1. The van der Waals surface area contributed by atoms with Crippen molar-refractivity contribution < 1.29 is 13.2 Å². The van der Waals surface area contributed by atoms with Gasteiger partial charge in [0.2, 0.25) is 15.9 Å². The molecule has 1 fully saturated rings. The first-order valence-electron chi connectivity index (χ1n) is 8.17. The van der Waals surface area contributed by atoms with Crippen LogP contribution in [-0.4, -0.2) is 55.8 Å². The van der Waals surface area contributed by atoms with Gasteiger partial charge in [-0.25, -0.2) is 8.42 Å². The Morgan fingerprint density at radius 3 is 2.12 bits per heavy atom. The highest BCUT2D eigenvalue weighted by Gasteiger charge is 2.34. The van der Waals surface area contributed by atoms with Gasteiger partial charge in [-0.2, -0.15) is 4.31 Å². The molecule has 25 heavy (non-hydrogen) atoms. The van der Waals surface area contributed by atoms with Crippen LogP contribution in [0.2, 0.25) is 0 Å². The lowest BCUT2D eigenvalue weighted by molar-refractivity contribution is -0.136. The average Bonchev–Trinajstić information content (AvgIpc) is 2.53. The number of halogens is 1. The number of carbonyl (C=O) groups is 1. The number of benzene rings is 1. The minimum Gasteiger partial charge on any atom is -0.339 e. The molecule has 1 aromatic carbocycles. The fourth-order valence-corrected chi connectivity index (χ4v) is 4.15. The van der Waals surface area contributed by atoms with Crippen LogP contribution in [0.3, 0.4) is 0 Å². The molecular formula is C17H28ClN3O3S. The highest BCUT2D eigenvalue weighted by Crippen LogP contribution is 2.20. The summed E-state index contributed by atoms with van der Waals surface area (Å²) in [5, 5.41) is 0. The molecule has 0 aromatic heterocycles. The van der Waals surface area contributed by atoms with E-state index in [1.165, 1.54) is 4.31 Å². The van der Waals surface area contributed by atoms with Gasteiger partial charge in [0, 0.05) is 26.2 Å². The molecule has 1 aliphatic rings. The second-order valence-corrected chi connectivity index (χ2v) is 9.28. The van der Waals surface area contributed by atoms with E-state index in [9.17, 15) is 13.2 Å². The first kappa shape index (κ1) is 21.9. The van der Waals surface area contributed by atoms with Crippen molar-refractivity contribution in [3.63, 3.8) is 0 Å². The maximum absolute atomic E-state index is 12.5. The highest BCUT2D eigenvalue weighted by atomic mass is 35.5. The van der Waals surface area contributed by atoms with Gasteiger partial charge in [0.25, 0.3) is 0 Å². The van der Waals surface area contributed by atoms with Crippen molar-refractivity contribution in [2.75, 3.05) is 26.2 Å². The summed E-state index contributed by atoms with van der Waals surface area (Å²) in [4.78, 5) is 14.1.